The predicted molar refractivity (Wildman–Crippen MR) is 105 cm³/mol. The molecule has 4 rings (SSSR count). The fraction of sp³-hybridized carbons (Fsp3) is 0.316. The van der Waals surface area contributed by atoms with Gasteiger partial charge in [0.15, 0.2) is 6.23 Å². The van der Waals surface area contributed by atoms with Gasteiger partial charge in [0, 0.05) is 30.3 Å². The molecule has 26 heavy (non-hydrogen) atoms. The van der Waals surface area contributed by atoms with Gasteiger partial charge in [-0.2, -0.15) is 5.10 Å². The largest absolute Gasteiger partial charge is 0.381 e. The highest BCUT2D eigenvalue weighted by atomic mass is 127. The fourth-order valence-corrected chi connectivity index (χ4v) is 3.93. The van der Waals surface area contributed by atoms with Crippen molar-refractivity contribution in [2.75, 3.05) is 11.9 Å². The third-order valence-corrected chi connectivity index (χ3v) is 5.31. The molecule has 1 aliphatic rings. The smallest absolute Gasteiger partial charge is 0.150 e. The molecule has 136 valence electrons. The van der Waals surface area contributed by atoms with E-state index in [9.17, 15) is 8.78 Å². The molecule has 3 aromatic rings. The third kappa shape index (κ3) is 3.68. The second kappa shape index (κ2) is 7.48. The number of fused-ring (bicyclic) bond motifs is 1. The van der Waals surface area contributed by atoms with Crippen molar-refractivity contribution in [3.63, 3.8) is 0 Å². The summed E-state index contributed by atoms with van der Waals surface area (Å²) in [5, 5.41) is 8.90. The number of ether oxygens (including phenoxy) is 1. The Hall–Kier alpha value is -1.74. The number of halogens is 3. The van der Waals surface area contributed by atoms with Gasteiger partial charge >= 0.3 is 0 Å². The van der Waals surface area contributed by atoms with Crippen LogP contribution in [0.5, 0.6) is 0 Å². The molecule has 1 saturated heterocycles. The lowest BCUT2D eigenvalue weighted by atomic mass is 10.1. The summed E-state index contributed by atoms with van der Waals surface area (Å²) in [4.78, 5) is 0. The van der Waals surface area contributed by atoms with E-state index in [1.165, 1.54) is 12.1 Å². The van der Waals surface area contributed by atoms with Gasteiger partial charge in [0.25, 0.3) is 0 Å². The van der Waals surface area contributed by atoms with E-state index in [4.69, 9.17) is 4.74 Å². The van der Waals surface area contributed by atoms with Crippen molar-refractivity contribution < 1.29 is 13.5 Å². The molecule has 1 aliphatic heterocycles. The van der Waals surface area contributed by atoms with Crippen LogP contribution in [-0.4, -0.2) is 16.4 Å². The summed E-state index contributed by atoms with van der Waals surface area (Å²) in [6, 6.07) is 9.51. The van der Waals surface area contributed by atoms with Gasteiger partial charge in [-0.25, -0.2) is 13.5 Å². The minimum atomic E-state index is -0.569. The zero-order valence-corrected chi connectivity index (χ0v) is 16.2. The van der Waals surface area contributed by atoms with Crippen molar-refractivity contribution in [1.82, 2.24) is 9.78 Å². The van der Waals surface area contributed by atoms with Crippen LogP contribution in [0.25, 0.3) is 10.9 Å². The predicted octanol–water partition coefficient (Wildman–Crippen LogP) is 5.23. The highest BCUT2D eigenvalue weighted by Crippen LogP contribution is 2.30. The van der Waals surface area contributed by atoms with Crippen molar-refractivity contribution in [3.8, 4) is 0 Å². The Kier molecular flexibility index (Phi) is 5.08. The van der Waals surface area contributed by atoms with Crippen LogP contribution in [0.1, 0.15) is 31.1 Å². The summed E-state index contributed by atoms with van der Waals surface area (Å²) in [6.45, 7) is 1.11. The van der Waals surface area contributed by atoms with E-state index < -0.39 is 11.6 Å². The average Bonchev–Trinajstić information content (AvgIpc) is 2.96. The molecule has 7 heteroatoms. The van der Waals surface area contributed by atoms with Crippen LogP contribution in [0.15, 0.2) is 36.4 Å². The van der Waals surface area contributed by atoms with E-state index in [2.05, 4.69) is 33.0 Å². The number of aromatic nitrogens is 2. The number of hydrogen-bond donors (Lipinski definition) is 1. The zero-order valence-electron chi connectivity index (χ0n) is 14.0. The topological polar surface area (TPSA) is 39.1 Å². The van der Waals surface area contributed by atoms with Gasteiger partial charge in [-0.05, 0) is 77.7 Å². The highest BCUT2D eigenvalue weighted by Gasteiger charge is 2.20. The molecule has 2 heterocycles. The van der Waals surface area contributed by atoms with Gasteiger partial charge in [0.2, 0.25) is 0 Å². The van der Waals surface area contributed by atoms with Crippen LogP contribution >= 0.6 is 22.6 Å². The van der Waals surface area contributed by atoms with Gasteiger partial charge in [-0.15, -0.1) is 0 Å². The zero-order chi connectivity index (χ0) is 18.1. The molecular weight excluding hydrogens is 451 g/mol. The SMILES string of the molecule is Fc1cc(F)cc(CNc2ccc3c(c2)c(I)nn3C2CCCCO2)c1. The first-order valence-corrected chi connectivity index (χ1v) is 9.66. The molecule has 0 spiro atoms. The van der Waals surface area contributed by atoms with Crippen LogP contribution in [0.2, 0.25) is 0 Å². The van der Waals surface area contributed by atoms with Crippen LogP contribution in [-0.2, 0) is 11.3 Å². The molecular formula is C19H18F2IN3O. The van der Waals surface area contributed by atoms with Gasteiger partial charge in [0.1, 0.15) is 15.3 Å². The molecule has 0 amide bonds. The second-order valence-electron chi connectivity index (χ2n) is 6.42. The van der Waals surface area contributed by atoms with Crippen LogP contribution in [0.4, 0.5) is 14.5 Å². The number of benzene rings is 2. The highest BCUT2D eigenvalue weighted by molar-refractivity contribution is 14.1. The maximum atomic E-state index is 13.3. The Morgan fingerprint density at radius 2 is 1.96 bits per heavy atom. The van der Waals surface area contributed by atoms with Crippen LogP contribution in [0.3, 0.4) is 0 Å². The Morgan fingerprint density at radius 3 is 2.69 bits per heavy atom. The number of rotatable bonds is 4. The maximum absolute atomic E-state index is 13.3. The lowest BCUT2D eigenvalue weighted by molar-refractivity contribution is -0.0368. The number of nitrogens with zero attached hydrogens (tertiary/aromatic N) is 2. The first-order chi connectivity index (χ1) is 12.6. The molecule has 4 nitrogen and oxygen atoms in total. The summed E-state index contributed by atoms with van der Waals surface area (Å²) in [7, 11) is 0. The average molecular weight is 469 g/mol. The fourth-order valence-electron chi connectivity index (χ4n) is 3.27. The van der Waals surface area contributed by atoms with E-state index in [0.29, 0.717) is 12.1 Å². The van der Waals surface area contributed by atoms with E-state index in [1.807, 2.05) is 22.9 Å². The Labute approximate surface area is 163 Å². The third-order valence-electron chi connectivity index (χ3n) is 4.51. The first-order valence-electron chi connectivity index (χ1n) is 8.58. The van der Waals surface area contributed by atoms with Gasteiger partial charge in [-0.1, -0.05) is 0 Å². The lowest BCUT2D eigenvalue weighted by Crippen LogP contribution is -2.19. The molecule has 0 saturated carbocycles. The number of hydrogen-bond acceptors (Lipinski definition) is 3. The normalized spacial score (nSPS) is 17.6. The van der Waals surface area contributed by atoms with E-state index >= 15 is 0 Å². The summed E-state index contributed by atoms with van der Waals surface area (Å²) in [5.74, 6) is -1.14. The van der Waals surface area contributed by atoms with Crippen LogP contribution < -0.4 is 5.32 Å². The molecule has 1 unspecified atom stereocenters. The monoisotopic (exact) mass is 469 g/mol. The molecule has 1 aromatic heterocycles. The first kappa shape index (κ1) is 17.7. The molecule has 2 aromatic carbocycles. The molecule has 1 N–H and O–H groups in total. The molecule has 0 radical (unpaired) electrons. The van der Waals surface area contributed by atoms with E-state index in [-0.39, 0.29) is 6.23 Å². The molecule has 1 atom stereocenters. The van der Waals surface area contributed by atoms with Gasteiger partial charge in [0.05, 0.1) is 5.52 Å². The molecule has 0 aliphatic carbocycles. The minimum Gasteiger partial charge on any atom is -0.381 e. The summed E-state index contributed by atoms with van der Waals surface area (Å²) in [5.41, 5.74) is 2.47. The Bertz CT molecular complexity index is 918. The summed E-state index contributed by atoms with van der Waals surface area (Å²) in [6.07, 6.45) is 3.20. The van der Waals surface area contributed by atoms with E-state index in [1.54, 1.807) is 0 Å². The molecule has 0 bridgehead atoms. The maximum Gasteiger partial charge on any atom is 0.150 e. The number of nitrogens with one attached hydrogen (secondary N) is 1. The molecule has 1 fully saturated rings. The van der Waals surface area contributed by atoms with Crippen molar-refractivity contribution in [3.05, 3.63) is 57.3 Å². The van der Waals surface area contributed by atoms with Gasteiger partial charge < -0.3 is 10.1 Å². The lowest BCUT2D eigenvalue weighted by Gasteiger charge is -2.23. The Balaban J connectivity index is 1.56. The van der Waals surface area contributed by atoms with Crippen molar-refractivity contribution in [1.29, 1.82) is 0 Å². The number of anilines is 1. The minimum absolute atomic E-state index is 0.0103. The van der Waals surface area contributed by atoms with Gasteiger partial charge in [-0.3, -0.25) is 0 Å². The quantitative estimate of drug-likeness (QED) is 0.532. The van der Waals surface area contributed by atoms with E-state index in [0.717, 1.165) is 52.2 Å². The Morgan fingerprint density at radius 1 is 1.15 bits per heavy atom. The van der Waals surface area contributed by atoms with Crippen molar-refractivity contribution >= 4 is 39.2 Å². The van der Waals surface area contributed by atoms with Crippen molar-refractivity contribution in [2.24, 2.45) is 0 Å². The standard InChI is InChI=1S/C19H18F2IN3O/c20-13-7-12(8-14(21)9-13)11-23-15-4-5-17-16(10-15)19(22)24-25(17)18-3-1-2-6-26-18/h4-5,7-10,18,23H,1-3,6,11H2. The summed E-state index contributed by atoms with van der Waals surface area (Å²) >= 11 is 2.23. The second-order valence-corrected chi connectivity index (χ2v) is 7.44. The summed E-state index contributed by atoms with van der Waals surface area (Å²) < 4.78 is 35.3. The van der Waals surface area contributed by atoms with Crippen LogP contribution in [0, 0.1) is 15.3 Å². The van der Waals surface area contributed by atoms with Crippen molar-refractivity contribution in [2.45, 2.75) is 32.0 Å².